The van der Waals surface area contributed by atoms with Gasteiger partial charge in [0.2, 0.25) is 17.7 Å². The number of carbonyl (C=O) groups is 2. The lowest BCUT2D eigenvalue weighted by molar-refractivity contribution is -0.141. The van der Waals surface area contributed by atoms with Gasteiger partial charge in [-0.2, -0.15) is 17.9 Å². The van der Waals surface area contributed by atoms with E-state index < -0.39 is 52.7 Å². The van der Waals surface area contributed by atoms with E-state index in [2.05, 4.69) is 20.2 Å². The van der Waals surface area contributed by atoms with Crippen molar-refractivity contribution in [3.8, 4) is 0 Å². The van der Waals surface area contributed by atoms with Crippen LogP contribution in [0.25, 0.3) is 0 Å². The number of amides is 1. The summed E-state index contributed by atoms with van der Waals surface area (Å²) in [4.78, 5) is 29.2. The van der Waals surface area contributed by atoms with Crippen molar-refractivity contribution in [1.82, 2.24) is 29.6 Å². The summed E-state index contributed by atoms with van der Waals surface area (Å²) in [5.41, 5.74) is 11.8. The van der Waals surface area contributed by atoms with Crippen molar-refractivity contribution in [2.45, 2.75) is 44.0 Å². The molecule has 0 saturated heterocycles. The number of aliphatic hydroxyl groups is 1. The number of hydrogen-bond donors (Lipinski definition) is 7. The molecule has 15 nitrogen and oxygen atoms in total. The first-order valence-electron chi connectivity index (χ1n) is 8.53. The summed E-state index contributed by atoms with van der Waals surface area (Å²) in [7, 11) is -4.54. The van der Waals surface area contributed by atoms with Gasteiger partial charge >= 0.3 is 5.97 Å². The smallest absolute Gasteiger partial charge is 0.324 e. The topological polar surface area (TPSA) is 252 Å². The third-order valence-electron chi connectivity index (χ3n) is 3.80. The standard InChI is InChI=1S/C14H22N8O7S/c1-6(23)11(14(25)26)22-30(27,28)21-9(3-10(16)24)13-20-19-12(29-13)8(15)2-7-4-17-5-18-7/h4-6,8-9,11,21-23H,2-3,15H2,1H3,(H2,16,24)(H,17,18)(H,25,26)/t6?,8-,9-,11?/m0/s1. The largest absolute Gasteiger partial charge is 0.480 e. The highest BCUT2D eigenvalue weighted by molar-refractivity contribution is 7.87. The minimum Gasteiger partial charge on any atom is -0.480 e. The van der Waals surface area contributed by atoms with E-state index in [4.69, 9.17) is 21.0 Å². The Morgan fingerprint density at radius 1 is 1.30 bits per heavy atom. The van der Waals surface area contributed by atoms with Crippen LogP contribution in [-0.2, 0) is 26.2 Å². The Morgan fingerprint density at radius 2 is 1.97 bits per heavy atom. The van der Waals surface area contributed by atoms with E-state index in [0.717, 1.165) is 6.92 Å². The van der Waals surface area contributed by atoms with E-state index in [9.17, 15) is 23.1 Å². The molecule has 0 aromatic carbocycles. The van der Waals surface area contributed by atoms with Gasteiger partial charge in [0.25, 0.3) is 10.2 Å². The zero-order valence-electron chi connectivity index (χ0n) is 15.7. The highest BCUT2D eigenvalue weighted by atomic mass is 32.2. The predicted molar refractivity (Wildman–Crippen MR) is 98.4 cm³/mol. The summed E-state index contributed by atoms with van der Waals surface area (Å²) in [6.45, 7) is 1.09. The van der Waals surface area contributed by atoms with Gasteiger partial charge < -0.3 is 31.1 Å². The number of carboxylic acids is 1. The number of nitrogens with two attached hydrogens (primary N) is 2. The van der Waals surface area contributed by atoms with E-state index >= 15 is 0 Å². The Labute approximate surface area is 170 Å². The summed E-state index contributed by atoms with van der Waals surface area (Å²) in [6, 6.07) is -3.98. The molecule has 0 radical (unpaired) electrons. The van der Waals surface area contributed by atoms with Crippen molar-refractivity contribution in [3.05, 3.63) is 30.0 Å². The van der Waals surface area contributed by atoms with Gasteiger partial charge in [0.1, 0.15) is 12.1 Å². The van der Waals surface area contributed by atoms with Gasteiger partial charge in [-0.3, -0.25) is 9.59 Å². The van der Waals surface area contributed by atoms with Gasteiger partial charge in [0.15, 0.2) is 0 Å². The minimum atomic E-state index is -4.54. The van der Waals surface area contributed by atoms with Crippen molar-refractivity contribution < 1.29 is 32.6 Å². The quantitative estimate of drug-likeness (QED) is 0.175. The number of aliphatic carboxylic acids is 1. The molecular formula is C14H22N8O7S. The number of aromatic nitrogens is 4. The Balaban J connectivity index is 2.18. The molecule has 0 aliphatic heterocycles. The van der Waals surface area contributed by atoms with E-state index in [-0.39, 0.29) is 18.2 Å². The van der Waals surface area contributed by atoms with E-state index in [0.29, 0.717) is 5.69 Å². The van der Waals surface area contributed by atoms with Crippen LogP contribution in [0.1, 0.15) is 42.9 Å². The first-order valence-corrected chi connectivity index (χ1v) is 10.0. The van der Waals surface area contributed by atoms with Crippen LogP contribution >= 0.6 is 0 Å². The summed E-state index contributed by atoms with van der Waals surface area (Å²) in [5, 5.41) is 25.9. The second kappa shape index (κ2) is 9.72. The van der Waals surface area contributed by atoms with E-state index in [1.165, 1.54) is 6.33 Å². The number of rotatable bonds is 12. The Morgan fingerprint density at radius 3 is 2.50 bits per heavy atom. The van der Waals surface area contributed by atoms with Crippen molar-refractivity contribution in [2.24, 2.45) is 11.5 Å². The monoisotopic (exact) mass is 446 g/mol. The maximum Gasteiger partial charge on any atom is 0.324 e. The van der Waals surface area contributed by atoms with Crippen LogP contribution in [0.4, 0.5) is 0 Å². The van der Waals surface area contributed by atoms with Crippen LogP contribution in [0.3, 0.4) is 0 Å². The molecule has 2 heterocycles. The third-order valence-corrected chi connectivity index (χ3v) is 4.96. The summed E-state index contributed by atoms with van der Waals surface area (Å²) < 4.78 is 33.7. The van der Waals surface area contributed by atoms with Gasteiger partial charge in [-0.15, -0.1) is 10.2 Å². The summed E-state index contributed by atoms with van der Waals surface area (Å²) in [6.07, 6.45) is 1.18. The molecular weight excluding hydrogens is 424 g/mol. The molecule has 4 atom stereocenters. The fourth-order valence-electron chi connectivity index (χ4n) is 2.38. The predicted octanol–water partition coefficient (Wildman–Crippen LogP) is -2.79. The lowest BCUT2D eigenvalue weighted by Gasteiger charge is -2.19. The number of nitrogens with one attached hydrogen (secondary N) is 3. The molecule has 2 rings (SSSR count). The van der Waals surface area contributed by atoms with Crippen LogP contribution in [0.2, 0.25) is 0 Å². The van der Waals surface area contributed by atoms with E-state index in [1.807, 2.05) is 4.72 Å². The number of carboxylic acid groups (broad SMARTS) is 1. The fourth-order valence-corrected chi connectivity index (χ4v) is 3.64. The van der Waals surface area contributed by atoms with Gasteiger partial charge in [-0.05, 0) is 6.92 Å². The summed E-state index contributed by atoms with van der Waals surface area (Å²) in [5.74, 6) is -2.84. The highest BCUT2D eigenvalue weighted by Gasteiger charge is 2.32. The molecule has 1 amide bonds. The molecule has 30 heavy (non-hydrogen) atoms. The Kier molecular flexibility index (Phi) is 7.57. The van der Waals surface area contributed by atoms with Crippen molar-refractivity contribution >= 4 is 22.1 Å². The number of primary amides is 1. The van der Waals surface area contributed by atoms with E-state index in [1.54, 1.807) is 10.9 Å². The molecule has 0 aliphatic carbocycles. The van der Waals surface area contributed by atoms with Crippen LogP contribution in [-0.4, -0.2) is 62.8 Å². The molecule has 2 aromatic heterocycles. The third kappa shape index (κ3) is 6.56. The number of imidazole rings is 1. The molecule has 0 bridgehead atoms. The molecule has 16 heteroatoms. The number of H-pyrrole nitrogens is 1. The van der Waals surface area contributed by atoms with Crippen LogP contribution in [0.5, 0.6) is 0 Å². The lowest BCUT2D eigenvalue weighted by Crippen LogP contribution is -2.52. The van der Waals surface area contributed by atoms with Gasteiger partial charge in [0.05, 0.1) is 24.9 Å². The highest BCUT2D eigenvalue weighted by Crippen LogP contribution is 2.20. The zero-order chi connectivity index (χ0) is 22.5. The maximum atomic E-state index is 12.3. The second-order valence-electron chi connectivity index (χ2n) is 6.38. The van der Waals surface area contributed by atoms with Gasteiger partial charge in [-0.25, -0.2) is 4.98 Å². The number of nitrogens with zero attached hydrogens (tertiary/aromatic N) is 3. The molecule has 9 N–H and O–H groups in total. The van der Waals surface area contributed by atoms with Crippen molar-refractivity contribution in [2.75, 3.05) is 0 Å². The fraction of sp³-hybridized carbons (Fsp3) is 0.500. The number of carbonyl (C=O) groups excluding carboxylic acids is 1. The molecule has 0 spiro atoms. The zero-order valence-corrected chi connectivity index (χ0v) is 16.5. The molecule has 166 valence electrons. The van der Waals surface area contributed by atoms with Crippen molar-refractivity contribution in [1.29, 1.82) is 0 Å². The number of aliphatic hydroxyl groups excluding tert-OH is 1. The van der Waals surface area contributed by atoms with Gasteiger partial charge in [0, 0.05) is 18.3 Å². The van der Waals surface area contributed by atoms with Crippen LogP contribution in [0, 0.1) is 0 Å². The molecule has 2 unspecified atom stereocenters. The second-order valence-corrected chi connectivity index (χ2v) is 7.86. The average Bonchev–Trinajstić information content (AvgIpc) is 3.29. The normalized spacial score (nSPS) is 16.0. The maximum absolute atomic E-state index is 12.3. The Hall–Kier alpha value is -2.92. The minimum absolute atomic E-state index is 0.0337. The molecule has 0 fully saturated rings. The van der Waals surface area contributed by atoms with Crippen LogP contribution < -0.4 is 20.9 Å². The molecule has 0 aliphatic rings. The number of aromatic amines is 1. The first kappa shape index (κ1) is 23.4. The number of hydrogen-bond acceptors (Lipinski definition) is 10. The Bertz CT molecular complexity index is 959. The lowest BCUT2D eigenvalue weighted by atomic mass is 10.2. The van der Waals surface area contributed by atoms with Gasteiger partial charge in [-0.1, -0.05) is 0 Å². The molecule has 2 aromatic rings. The average molecular weight is 446 g/mol. The summed E-state index contributed by atoms with van der Waals surface area (Å²) >= 11 is 0. The molecule has 0 saturated carbocycles. The first-order chi connectivity index (χ1) is 14.0. The van der Waals surface area contributed by atoms with Crippen LogP contribution in [0.15, 0.2) is 16.9 Å². The SMILES string of the molecule is CC(O)C(NS(=O)(=O)N[C@@H](CC(N)=O)c1nnc([C@@H](N)Cc2cnc[nH]2)o1)C(=O)O. The van der Waals surface area contributed by atoms with Crippen molar-refractivity contribution in [3.63, 3.8) is 0 Å².